The number of nitrogens with zero attached hydrogens (tertiary/aromatic N) is 2. The second-order valence-electron chi connectivity index (χ2n) is 7.13. The lowest BCUT2D eigenvalue weighted by Crippen LogP contribution is -2.39. The SMILES string of the molecule is O=C(CSc1nnc(Nc2ccc(OC(F)(F)F)cc2)s1)NC(C1CC1)C1CC1. The molecule has 2 fully saturated rings. The zero-order valence-electron chi connectivity index (χ0n) is 15.2. The van der Waals surface area contributed by atoms with Crippen molar-refractivity contribution in [3.05, 3.63) is 24.3 Å². The molecule has 2 aliphatic carbocycles. The molecule has 0 aliphatic heterocycles. The predicted octanol–water partition coefficient (Wildman–Crippen LogP) is 4.58. The first-order valence-electron chi connectivity index (χ1n) is 9.24. The molecule has 4 rings (SSSR count). The van der Waals surface area contributed by atoms with Gasteiger partial charge < -0.3 is 15.4 Å². The Bertz CT molecular complexity index is 840. The van der Waals surface area contributed by atoms with Crippen molar-refractivity contribution in [2.75, 3.05) is 11.1 Å². The molecular weight excluding hydrogens is 425 g/mol. The van der Waals surface area contributed by atoms with Crippen LogP contribution in [-0.4, -0.2) is 34.3 Å². The third kappa shape index (κ3) is 6.23. The van der Waals surface area contributed by atoms with E-state index in [0.717, 1.165) is 0 Å². The number of ether oxygens (including phenoxy) is 1. The Morgan fingerprint density at radius 1 is 1.17 bits per heavy atom. The minimum atomic E-state index is -4.72. The molecule has 1 aromatic carbocycles. The highest BCUT2D eigenvalue weighted by Gasteiger charge is 2.42. The average molecular weight is 445 g/mol. The van der Waals surface area contributed by atoms with Crippen LogP contribution in [0.25, 0.3) is 0 Å². The van der Waals surface area contributed by atoms with Gasteiger partial charge in [-0.2, -0.15) is 0 Å². The molecule has 2 aromatic rings. The summed E-state index contributed by atoms with van der Waals surface area (Å²) in [7, 11) is 0. The molecule has 1 aromatic heterocycles. The van der Waals surface area contributed by atoms with Crippen molar-refractivity contribution in [1.29, 1.82) is 0 Å². The van der Waals surface area contributed by atoms with Gasteiger partial charge in [-0.05, 0) is 61.8 Å². The lowest BCUT2D eigenvalue weighted by molar-refractivity contribution is -0.274. The monoisotopic (exact) mass is 444 g/mol. The molecule has 1 heterocycles. The van der Waals surface area contributed by atoms with Crippen molar-refractivity contribution in [2.24, 2.45) is 11.8 Å². The summed E-state index contributed by atoms with van der Waals surface area (Å²) in [5, 5.41) is 14.7. The van der Waals surface area contributed by atoms with Gasteiger partial charge in [0, 0.05) is 11.7 Å². The second kappa shape index (κ2) is 8.39. The Morgan fingerprint density at radius 2 is 1.83 bits per heavy atom. The molecule has 2 aliphatic rings. The normalized spacial score (nSPS) is 16.7. The van der Waals surface area contributed by atoms with Crippen molar-refractivity contribution in [1.82, 2.24) is 15.5 Å². The molecule has 0 spiro atoms. The summed E-state index contributed by atoms with van der Waals surface area (Å²) in [6.45, 7) is 0. The van der Waals surface area contributed by atoms with E-state index in [1.165, 1.54) is 73.0 Å². The summed E-state index contributed by atoms with van der Waals surface area (Å²) in [5.74, 6) is 1.32. The largest absolute Gasteiger partial charge is 0.573 e. The van der Waals surface area contributed by atoms with E-state index in [1.807, 2.05) is 0 Å². The van der Waals surface area contributed by atoms with Crippen LogP contribution in [0.4, 0.5) is 24.0 Å². The topological polar surface area (TPSA) is 76.1 Å². The van der Waals surface area contributed by atoms with Gasteiger partial charge in [-0.25, -0.2) is 0 Å². The lowest BCUT2D eigenvalue weighted by Gasteiger charge is -2.17. The quantitative estimate of drug-likeness (QED) is 0.552. The fraction of sp³-hybridized carbons (Fsp3) is 0.500. The highest BCUT2D eigenvalue weighted by atomic mass is 32.2. The first-order valence-corrected chi connectivity index (χ1v) is 11.0. The number of halogens is 3. The molecule has 0 bridgehead atoms. The highest BCUT2D eigenvalue weighted by molar-refractivity contribution is 8.01. The minimum Gasteiger partial charge on any atom is -0.406 e. The van der Waals surface area contributed by atoms with Crippen LogP contribution in [0.5, 0.6) is 5.75 Å². The van der Waals surface area contributed by atoms with Crippen molar-refractivity contribution < 1.29 is 22.7 Å². The number of nitrogens with one attached hydrogen (secondary N) is 2. The highest BCUT2D eigenvalue weighted by Crippen LogP contribution is 2.44. The van der Waals surface area contributed by atoms with Gasteiger partial charge in [-0.1, -0.05) is 23.1 Å². The van der Waals surface area contributed by atoms with Crippen molar-refractivity contribution >= 4 is 39.8 Å². The van der Waals surface area contributed by atoms with Gasteiger partial charge in [-0.3, -0.25) is 4.79 Å². The number of anilines is 2. The summed E-state index contributed by atoms with van der Waals surface area (Å²) < 4.78 is 41.1. The number of carbonyl (C=O) groups excluding carboxylic acids is 1. The van der Waals surface area contributed by atoms with Crippen LogP contribution in [0.3, 0.4) is 0 Å². The number of hydrogen-bond acceptors (Lipinski definition) is 7. The summed E-state index contributed by atoms with van der Waals surface area (Å²) in [4.78, 5) is 12.2. The fourth-order valence-electron chi connectivity index (χ4n) is 3.07. The summed E-state index contributed by atoms with van der Waals surface area (Å²) in [6.07, 6.45) is 0.128. The van der Waals surface area contributed by atoms with E-state index >= 15 is 0 Å². The number of amides is 1. The molecule has 6 nitrogen and oxygen atoms in total. The van der Waals surface area contributed by atoms with Crippen LogP contribution >= 0.6 is 23.1 Å². The number of benzene rings is 1. The van der Waals surface area contributed by atoms with Gasteiger partial charge in [0.15, 0.2) is 4.34 Å². The summed E-state index contributed by atoms with van der Waals surface area (Å²) in [6, 6.07) is 5.68. The lowest BCUT2D eigenvalue weighted by atomic mass is 10.1. The molecule has 1 amide bonds. The van der Waals surface area contributed by atoms with Gasteiger partial charge in [0.2, 0.25) is 11.0 Å². The second-order valence-corrected chi connectivity index (χ2v) is 9.33. The third-order valence-electron chi connectivity index (χ3n) is 4.66. The number of thioether (sulfide) groups is 1. The first-order chi connectivity index (χ1) is 13.9. The van der Waals surface area contributed by atoms with Crippen LogP contribution in [-0.2, 0) is 4.79 Å². The van der Waals surface area contributed by atoms with Crippen LogP contribution in [0.15, 0.2) is 28.6 Å². The van der Waals surface area contributed by atoms with Gasteiger partial charge in [0.1, 0.15) is 5.75 Å². The van der Waals surface area contributed by atoms with Crippen LogP contribution in [0.2, 0.25) is 0 Å². The van der Waals surface area contributed by atoms with E-state index in [9.17, 15) is 18.0 Å². The zero-order valence-corrected chi connectivity index (χ0v) is 16.9. The van der Waals surface area contributed by atoms with Crippen LogP contribution in [0, 0.1) is 11.8 Å². The summed E-state index contributed by atoms with van der Waals surface area (Å²) >= 11 is 2.60. The maximum Gasteiger partial charge on any atom is 0.573 e. The molecule has 0 atom stereocenters. The molecule has 29 heavy (non-hydrogen) atoms. The van der Waals surface area contributed by atoms with Crippen LogP contribution < -0.4 is 15.4 Å². The van der Waals surface area contributed by atoms with Crippen LogP contribution in [0.1, 0.15) is 25.7 Å². The molecular formula is C18H19F3N4O2S2. The third-order valence-corrected chi connectivity index (χ3v) is 6.63. The van der Waals surface area contributed by atoms with Gasteiger partial charge in [0.25, 0.3) is 0 Å². The molecule has 2 saturated carbocycles. The Balaban J connectivity index is 1.24. The van der Waals surface area contributed by atoms with Gasteiger partial charge in [0.05, 0.1) is 5.75 Å². The Kier molecular flexibility index (Phi) is 5.86. The average Bonchev–Trinajstić information content (AvgIpc) is 3.57. The van der Waals surface area contributed by atoms with E-state index in [-0.39, 0.29) is 17.4 Å². The number of aromatic nitrogens is 2. The standard InChI is InChI=1S/C18H19F3N4O2S2/c19-18(20,21)27-13-7-5-12(6-8-13)22-16-24-25-17(29-16)28-9-14(26)23-15(10-1-2-10)11-3-4-11/h5-8,10-11,15H,1-4,9H2,(H,22,24)(H,23,26). The Hall–Kier alpha value is -2.01. The van der Waals surface area contributed by atoms with E-state index in [2.05, 4.69) is 25.6 Å². The molecule has 11 heteroatoms. The van der Waals surface area contributed by atoms with E-state index < -0.39 is 6.36 Å². The maximum atomic E-state index is 12.2. The number of carbonyl (C=O) groups is 1. The summed E-state index contributed by atoms with van der Waals surface area (Å²) in [5.41, 5.74) is 0.557. The molecule has 2 N–H and O–H groups in total. The molecule has 0 unspecified atom stereocenters. The van der Waals surface area contributed by atoms with Gasteiger partial charge >= 0.3 is 6.36 Å². The van der Waals surface area contributed by atoms with Crippen molar-refractivity contribution in [2.45, 2.75) is 42.4 Å². The molecule has 0 radical (unpaired) electrons. The van der Waals surface area contributed by atoms with E-state index in [0.29, 0.717) is 33.0 Å². The van der Waals surface area contributed by atoms with E-state index in [4.69, 9.17) is 0 Å². The predicted molar refractivity (Wildman–Crippen MR) is 104 cm³/mol. The van der Waals surface area contributed by atoms with Crippen molar-refractivity contribution in [3.8, 4) is 5.75 Å². The van der Waals surface area contributed by atoms with Gasteiger partial charge in [-0.15, -0.1) is 23.4 Å². The fourth-order valence-corrected chi connectivity index (χ4v) is 4.65. The molecule has 0 saturated heterocycles. The molecule has 156 valence electrons. The number of hydrogen-bond donors (Lipinski definition) is 2. The number of alkyl halides is 3. The minimum absolute atomic E-state index is 0.0174. The smallest absolute Gasteiger partial charge is 0.406 e. The van der Waals surface area contributed by atoms with Crippen molar-refractivity contribution in [3.63, 3.8) is 0 Å². The van der Waals surface area contributed by atoms with E-state index in [1.54, 1.807) is 0 Å². The first kappa shape index (κ1) is 20.3. The Labute approximate surface area is 173 Å². The Morgan fingerprint density at radius 3 is 2.41 bits per heavy atom. The zero-order chi connectivity index (χ0) is 20.4. The number of rotatable bonds is 9. The maximum absolute atomic E-state index is 12.2.